The molecule has 0 aromatic heterocycles. The lowest BCUT2D eigenvalue weighted by Gasteiger charge is -2.42. The number of hydrogen-bond donors (Lipinski definition) is 0. The van der Waals surface area contributed by atoms with Crippen molar-refractivity contribution in [2.45, 2.75) is 49.9 Å². The molecule has 0 radical (unpaired) electrons. The summed E-state index contributed by atoms with van der Waals surface area (Å²) in [7, 11) is 0. The van der Waals surface area contributed by atoms with Gasteiger partial charge >= 0.3 is 0 Å². The fraction of sp³-hybridized carbons (Fsp3) is 0.625. The van der Waals surface area contributed by atoms with Gasteiger partial charge in [-0.15, -0.1) is 0 Å². The van der Waals surface area contributed by atoms with Gasteiger partial charge in [0.15, 0.2) is 0 Å². The molecule has 3 aliphatic rings. The van der Waals surface area contributed by atoms with Crippen LogP contribution in [0.5, 0.6) is 0 Å². The van der Waals surface area contributed by atoms with Crippen LogP contribution in [0.1, 0.15) is 44.3 Å². The fourth-order valence-corrected chi connectivity index (χ4v) is 4.46. The quantitative estimate of drug-likeness (QED) is 0.618. The maximum absolute atomic E-state index is 10.8. The van der Waals surface area contributed by atoms with Gasteiger partial charge in [0.25, 0.3) is 5.69 Å². The van der Waals surface area contributed by atoms with Crippen LogP contribution in [-0.2, 0) is 9.47 Å². The Bertz CT molecular complexity index is 582. The predicted molar refractivity (Wildman–Crippen MR) is 76.0 cm³/mol. The fourth-order valence-electron chi connectivity index (χ4n) is 4.46. The number of nitrogens with zero attached hydrogens (tertiary/aromatic N) is 1. The van der Waals surface area contributed by atoms with E-state index in [4.69, 9.17) is 9.47 Å². The lowest BCUT2D eigenvalue weighted by Crippen LogP contribution is -2.43. The molecule has 3 saturated heterocycles. The van der Waals surface area contributed by atoms with Gasteiger partial charge in [-0.3, -0.25) is 10.1 Å². The van der Waals surface area contributed by atoms with Gasteiger partial charge in [0.1, 0.15) is 0 Å². The second kappa shape index (κ2) is 4.27. The van der Waals surface area contributed by atoms with Crippen LogP contribution in [0, 0.1) is 16.0 Å². The molecule has 0 amide bonds. The molecule has 1 aromatic carbocycles. The van der Waals surface area contributed by atoms with Crippen molar-refractivity contribution < 1.29 is 14.4 Å². The van der Waals surface area contributed by atoms with Gasteiger partial charge in [-0.25, -0.2) is 0 Å². The summed E-state index contributed by atoms with van der Waals surface area (Å²) < 4.78 is 12.4. The zero-order valence-electron chi connectivity index (χ0n) is 12.1. The van der Waals surface area contributed by atoms with Gasteiger partial charge in [-0.05, 0) is 43.9 Å². The third kappa shape index (κ3) is 1.91. The minimum atomic E-state index is -0.366. The summed E-state index contributed by atoms with van der Waals surface area (Å²) in [6.07, 6.45) is 4.24. The molecule has 0 aliphatic carbocycles. The number of benzene rings is 1. The van der Waals surface area contributed by atoms with Crippen molar-refractivity contribution >= 4 is 5.69 Å². The highest BCUT2D eigenvalue weighted by molar-refractivity contribution is 5.35. The number of hydrogen-bond acceptors (Lipinski definition) is 4. The second-order valence-electron chi connectivity index (χ2n) is 6.82. The molecule has 1 aromatic rings. The Morgan fingerprint density at radius 3 is 2.67 bits per heavy atom. The summed E-state index contributed by atoms with van der Waals surface area (Å²) in [4.78, 5) is 10.4. The highest BCUT2D eigenvalue weighted by Crippen LogP contribution is 2.61. The van der Waals surface area contributed by atoms with E-state index >= 15 is 0 Å². The van der Waals surface area contributed by atoms with E-state index in [9.17, 15) is 10.1 Å². The van der Waals surface area contributed by atoms with Gasteiger partial charge < -0.3 is 9.47 Å². The maximum Gasteiger partial charge on any atom is 0.269 e. The van der Waals surface area contributed by atoms with Crippen LogP contribution in [0.25, 0.3) is 0 Å². The predicted octanol–water partition coefficient (Wildman–Crippen LogP) is 3.38. The highest BCUT2D eigenvalue weighted by atomic mass is 16.6. The smallest absolute Gasteiger partial charge is 0.269 e. The van der Waals surface area contributed by atoms with Crippen LogP contribution in [0.4, 0.5) is 5.69 Å². The minimum Gasteiger partial charge on any atom is -0.373 e. The molecule has 1 spiro atoms. The SMILES string of the molecule is C[C@@]12CC[C@]3(CCO[C@@H](c4ccc([N+](=O)[O-])cc4)[C@@H]3C1)O2. The number of ether oxygens (including phenoxy) is 2. The van der Waals surface area contributed by atoms with Crippen molar-refractivity contribution in [2.24, 2.45) is 5.92 Å². The Morgan fingerprint density at radius 1 is 1.24 bits per heavy atom. The zero-order chi connectivity index (χ0) is 14.7. The summed E-state index contributed by atoms with van der Waals surface area (Å²) in [5, 5.41) is 10.8. The van der Waals surface area contributed by atoms with E-state index in [1.165, 1.54) is 0 Å². The maximum atomic E-state index is 10.8. The molecule has 3 fully saturated rings. The monoisotopic (exact) mass is 289 g/mol. The molecule has 4 atom stereocenters. The molecule has 0 unspecified atom stereocenters. The van der Waals surface area contributed by atoms with E-state index in [1.807, 2.05) is 12.1 Å². The Labute approximate surface area is 123 Å². The molecule has 21 heavy (non-hydrogen) atoms. The first-order valence-corrected chi connectivity index (χ1v) is 7.58. The lowest BCUT2D eigenvalue weighted by molar-refractivity contribution is -0.384. The molecular weight excluding hydrogens is 270 g/mol. The number of non-ortho nitro benzene ring substituents is 1. The first-order chi connectivity index (χ1) is 10.0. The highest BCUT2D eigenvalue weighted by Gasteiger charge is 2.62. The van der Waals surface area contributed by atoms with E-state index in [-0.39, 0.29) is 27.9 Å². The van der Waals surface area contributed by atoms with Crippen LogP contribution in [0.15, 0.2) is 24.3 Å². The lowest BCUT2D eigenvalue weighted by atomic mass is 9.68. The summed E-state index contributed by atoms with van der Waals surface area (Å²) in [5.74, 6) is 0.367. The van der Waals surface area contributed by atoms with Crippen molar-refractivity contribution in [3.63, 3.8) is 0 Å². The second-order valence-corrected chi connectivity index (χ2v) is 6.82. The number of nitro groups is 1. The summed E-state index contributed by atoms with van der Waals surface area (Å²) in [6.45, 7) is 2.90. The van der Waals surface area contributed by atoms with Gasteiger partial charge in [0, 0.05) is 24.5 Å². The summed E-state index contributed by atoms with van der Waals surface area (Å²) in [6, 6.07) is 6.79. The zero-order valence-corrected chi connectivity index (χ0v) is 12.1. The third-order valence-corrected chi connectivity index (χ3v) is 5.47. The van der Waals surface area contributed by atoms with Crippen molar-refractivity contribution in [1.82, 2.24) is 0 Å². The Kier molecular flexibility index (Phi) is 2.69. The van der Waals surface area contributed by atoms with E-state index in [0.29, 0.717) is 12.5 Å². The molecule has 0 N–H and O–H groups in total. The first kappa shape index (κ1) is 13.2. The molecular formula is C16H19NO4. The molecule has 2 bridgehead atoms. The van der Waals surface area contributed by atoms with Crippen molar-refractivity contribution in [2.75, 3.05) is 6.61 Å². The van der Waals surface area contributed by atoms with E-state index in [2.05, 4.69) is 6.92 Å². The van der Waals surface area contributed by atoms with E-state index < -0.39 is 0 Å². The average Bonchev–Trinajstić information content (AvgIpc) is 2.96. The topological polar surface area (TPSA) is 61.6 Å². The molecule has 4 rings (SSSR count). The number of nitro benzene ring substituents is 1. The molecule has 3 aliphatic heterocycles. The first-order valence-electron chi connectivity index (χ1n) is 7.58. The standard InChI is InChI=1S/C16H19NO4/c1-15-6-7-16(21-15)8-9-20-14(13(16)10-15)11-2-4-12(5-3-11)17(18)19/h2-5,13-14H,6-10H2,1H3/t13-,14-,15+,16+/m0/s1. The molecule has 112 valence electrons. The molecule has 5 heteroatoms. The van der Waals surface area contributed by atoms with Crippen LogP contribution in [0.2, 0.25) is 0 Å². The molecule has 5 nitrogen and oxygen atoms in total. The summed E-state index contributed by atoms with van der Waals surface area (Å²) >= 11 is 0. The normalized spacial score (nSPS) is 41.0. The van der Waals surface area contributed by atoms with Crippen LogP contribution < -0.4 is 0 Å². The molecule has 3 heterocycles. The van der Waals surface area contributed by atoms with Crippen LogP contribution >= 0.6 is 0 Å². The van der Waals surface area contributed by atoms with Crippen molar-refractivity contribution in [3.05, 3.63) is 39.9 Å². The van der Waals surface area contributed by atoms with Gasteiger partial charge in [-0.2, -0.15) is 0 Å². The average molecular weight is 289 g/mol. The number of fused-ring (bicyclic) bond motifs is 1. The van der Waals surface area contributed by atoms with Crippen molar-refractivity contribution in [3.8, 4) is 0 Å². The van der Waals surface area contributed by atoms with Gasteiger partial charge in [0.2, 0.25) is 0 Å². The van der Waals surface area contributed by atoms with Gasteiger partial charge in [0.05, 0.1) is 28.8 Å². The third-order valence-electron chi connectivity index (χ3n) is 5.47. The summed E-state index contributed by atoms with van der Waals surface area (Å²) in [5.41, 5.74) is 1.13. The largest absolute Gasteiger partial charge is 0.373 e. The minimum absolute atomic E-state index is 0.00155. The van der Waals surface area contributed by atoms with E-state index in [0.717, 1.165) is 31.2 Å². The van der Waals surface area contributed by atoms with Crippen LogP contribution in [-0.4, -0.2) is 22.7 Å². The van der Waals surface area contributed by atoms with E-state index in [1.54, 1.807) is 12.1 Å². The Morgan fingerprint density at radius 2 is 2.00 bits per heavy atom. The molecule has 0 saturated carbocycles. The number of rotatable bonds is 2. The Balaban J connectivity index is 1.65. The van der Waals surface area contributed by atoms with Gasteiger partial charge in [-0.1, -0.05) is 0 Å². The van der Waals surface area contributed by atoms with Crippen molar-refractivity contribution in [1.29, 1.82) is 0 Å². The van der Waals surface area contributed by atoms with Crippen LogP contribution in [0.3, 0.4) is 0 Å². The Hall–Kier alpha value is -1.46.